The van der Waals surface area contributed by atoms with Gasteiger partial charge in [-0.25, -0.2) is 0 Å². The largest absolute Gasteiger partial charge is 0.466 e. The number of hydrogen-bond acceptors (Lipinski definition) is 7. The van der Waals surface area contributed by atoms with Crippen LogP contribution in [0.5, 0.6) is 0 Å². The van der Waals surface area contributed by atoms with Crippen LogP contribution >= 0.6 is 0 Å². The summed E-state index contributed by atoms with van der Waals surface area (Å²) < 4.78 is 22.3. The van der Waals surface area contributed by atoms with Crippen molar-refractivity contribution in [2.24, 2.45) is 5.92 Å². The van der Waals surface area contributed by atoms with Crippen molar-refractivity contribution in [1.29, 1.82) is 0 Å². The van der Waals surface area contributed by atoms with Crippen LogP contribution in [0.4, 0.5) is 0 Å². The molecule has 7 nitrogen and oxygen atoms in total. The highest BCUT2D eigenvalue weighted by Crippen LogP contribution is 2.37. The van der Waals surface area contributed by atoms with Gasteiger partial charge in [0.1, 0.15) is 18.3 Å². The van der Waals surface area contributed by atoms with E-state index in [1.165, 1.54) is 0 Å². The molecule has 0 aliphatic carbocycles. The maximum Gasteiger partial charge on any atom is 0.310 e. The molecule has 0 amide bonds. The minimum Gasteiger partial charge on any atom is -0.466 e. The van der Waals surface area contributed by atoms with E-state index in [1.54, 1.807) is 0 Å². The average molecular weight is 329 g/mol. The number of rotatable bonds is 4. The number of fused-ring (bicyclic) bond motifs is 1. The Hall–Kier alpha value is -0.730. The Morgan fingerprint density at radius 1 is 1.39 bits per heavy atom. The number of aliphatic hydroxyl groups excluding tert-OH is 1. The summed E-state index contributed by atoms with van der Waals surface area (Å²) in [6.07, 6.45) is -0.239. The normalized spacial score (nSPS) is 40.1. The number of aliphatic hydroxyl groups is 1. The topological polar surface area (TPSA) is 77.5 Å². The summed E-state index contributed by atoms with van der Waals surface area (Å²) in [5.41, 5.74) is 0. The first-order valence-corrected chi connectivity index (χ1v) is 8.48. The molecule has 0 saturated carbocycles. The Balaban J connectivity index is 1.53. The lowest BCUT2D eigenvalue weighted by Gasteiger charge is -2.34. The predicted octanol–water partition coefficient (Wildman–Crippen LogP) is 0.499. The van der Waals surface area contributed by atoms with E-state index in [0.717, 1.165) is 19.4 Å². The molecule has 3 saturated heterocycles. The second kappa shape index (κ2) is 6.64. The van der Waals surface area contributed by atoms with Gasteiger partial charge >= 0.3 is 5.97 Å². The minimum atomic E-state index is -0.721. The van der Waals surface area contributed by atoms with E-state index >= 15 is 0 Å². The standard InChI is InChI=1S/C16H27NO6/c1-4-20-14(19)10-6-5-7-17(8-10)9-11-12(18)13-15(21-11)23-16(2,3)22-13/h10-13,15,18H,4-9H2,1-3H3/t10?,11-,12+,13-,15-/m1/s1. The number of piperidine rings is 1. The fraction of sp³-hybridized carbons (Fsp3) is 0.938. The highest BCUT2D eigenvalue weighted by Gasteiger charge is 2.54. The predicted molar refractivity (Wildman–Crippen MR) is 80.5 cm³/mol. The van der Waals surface area contributed by atoms with Gasteiger partial charge in [0.2, 0.25) is 0 Å². The van der Waals surface area contributed by atoms with E-state index in [-0.39, 0.29) is 18.0 Å². The van der Waals surface area contributed by atoms with E-state index in [1.807, 2.05) is 20.8 Å². The molecule has 0 spiro atoms. The maximum absolute atomic E-state index is 11.9. The number of nitrogens with zero attached hydrogens (tertiary/aromatic N) is 1. The fourth-order valence-corrected chi connectivity index (χ4v) is 3.64. The smallest absolute Gasteiger partial charge is 0.310 e. The van der Waals surface area contributed by atoms with Crippen LogP contribution in [0.1, 0.15) is 33.6 Å². The summed E-state index contributed by atoms with van der Waals surface area (Å²) in [6, 6.07) is 0. The molecular formula is C16H27NO6. The number of hydrogen-bond donors (Lipinski definition) is 1. The van der Waals surface area contributed by atoms with Crippen LogP contribution in [0.2, 0.25) is 0 Å². The first-order valence-electron chi connectivity index (χ1n) is 8.48. The Morgan fingerprint density at radius 2 is 2.17 bits per heavy atom. The van der Waals surface area contributed by atoms with Gasteiger partial charge in [0.15, 0.2) is 12.1 Å². The van der Waals surface area contributed by atoms with Crippen LogP contribution in [-0.4, -0.2) is 72.6 Å². The Bertz CT molecular complexity index is 442. The van der Waals surface area contributed by atoms with Crippen molar-refractivity contribution in [2.75, 3.05) is 26.2 Å². The molecule has 3 rings (SSSR count). The number of carbonyl (C=O) groups excluding carboxylic acids is 1. The maximum atomic E-state index is 11.9. The zero-order valence-corrected chi connectivity index (χ0v) is 14.1. The van der Waals surface area contributed by atoms with Crippen molar-refractivity contribution >= 4 is 5.97 Å². The molecule has 3 heterocycles. The van der Waals surface area contributed by atoms with Gasteiger partial charge in [-0.15, -0.1) is 0 Å². The Kier molecular flexibility index (Phi) is 4.94. The van der Waals surface area contributed by atoms with Gasteiger partial charge in [-0.2, -0.15) is 0 Å². The molecule has 0 bridgehead atoms. The van der Waals surface area contributed by atoms with E-state index in [9.17, 15) is 9.90 Å². The third kappa shape index (κ3) is 3.69. The molecular weight excluding hydrogens is 302 g/mol. The zero-order chi connectivity index (χ0) is 16.6. The molecule has 23 heavy (non-hydrogen) atoms. The molecule has 1 unspecified atom stereocenters. The molecule has 5 atom stereocenters. The van der Waals surface area contributed by atoms with Gasteiger partial charge in [0.25, 0.3) is 0 Å². The molecule has 3 aliphatic rings. The Morgan fingerprint density at radius 3 is 2.87 bits per heavy atom. The molecule has 0 aromatic rings. The van der Waals surface area contributed by atoms with Crippen LogP contribution in [0.25, 0.3) is 0 Å². The molecule has 0 aromatic carbocycles. The summed E-state index contributed by atoms with van der Waals surface area (Å²) in [5, 5.41) is 10.4. The third-order valence-corrected chi connectivity index (χ3v) is 4.68. The molecule has 3 aliphatic heterocycles. The highest BCUT2D eigenvalue weighted by atomic mass is 16.8. The lowest BCUT2D eigenvalue weighted by molar-refractivity contribution is -0.216. The molecule has 0 aromatic heterocycles. The molecule has 0 radical (unpaired) electrons. The molecule has 1 N–H and O–H groups in total. The SMILES string of the molecule is CCOC(=O)C1CCCN(C[C@H]2O[C@@H]3OC(C)(C)O[C@@H]3[C@H]2O)C1. The minimum absolute atomic E-state index is 0.0896. The van der Waals surface area contributed by atoms with E-state index in [2.05, 4.69) is 4.90 Å². The van der Waals surface area contributed by atoms with Gasteiger partial charge in [-0.3, -0.25) is 9.69 Å². The summed E-state index contributed by atoms with van der Waals surface area (Å²) in [5.74, 6) is -0.940. The summed E-state index contributed by atoms with van der Waals surface area (Å²) in [4.78, 5) is 14.1. The molecule has 7 heteroatoms. The van der Waals surface area contributed by atoms with Crippen LogP contribution in [0.3, 0.4) is 0 Å². The van der Waals surface area contributed by atoms with Gasteiger partial charge < -0.3 is 24.1 Å². The van der Waals surface area contributed by atoms with Gasteiger partial charge in [-0.05, 0) is 40.2 Å². The highest BCUT2D eigenvalue weighted by molar-refractivity contribution is 5.72. The molecule has 3 fully saturated rings. The average Bonchev–Trinajstić information content (AvgIpc) is 2.94. The van der Waals surface area contributed by atoms with E-state index < -0.39 is 24.3 Å². The summed E-state index contributed by atoms with van der Waals surface area (Å²) >= 11 is 0. The third-order valence-electron chi connectivity index (χ3n) is 4.68. The summed E-state index contributed by atoms with van der Waals surface area (Å²) in [6.45, 7) is 7.96. The van der Waals surface area contributed by atoms with Crippen LogP contribution in [0.15, 0.2) is 0 Å². The second-order valence-electron chi connectivity index (χ2n) is 6.98. The number of ether oxygens (including phenoxy) is 4. The van der Waals surface area contributed by atoms with Crippen LogP contribution < -0.4 is 0 Å². The fourth-order valence-electron chi connectivity index (χ4n) is 3.64. The van der Waals surface area contributed by atoms with Crippen molar-refractivity contribution in [3.63, 3.8) is 0 Å². The Labute approximate surface area is 136 Å². The lowest BCUT2D eigenvalue weighted by atomic mass is 9.97. The van der Waals surface area contributed by atoms with Crippen molar-refractivity contribution in [3.8, 4) is 0 Å². The van der Waals surface area contributed by atoms with Crippen LogP contribution in [0, 0.1) is 5.92 Å². The van der Waals surface area contributed by atoms with Crippen molar-refractivity contribution in [1.82, 2.24) is 4.90 Å². The van der Waals surface area contributed by atoms with Crippen molar-refractivity contribution < 1.29 is 28.8 Å². The van der Waals surface area contributed by atoms with Crippen LogP contribution in [-0.2, 0) is 23.7 Å². The van der Waals surface area contributed by atoms with E-state index in [0.29, 0.717) is 19.7 Å². The van der Waals surface area contributed by atoms with Gasteiger partial charge in [-0.1, -0.05) is 0 Å². The lowest BCUT2D eigenvalue weighted by Crippen LogP contribution is -2.46. The van der Waals surface area contributed by atoms with Gasteiger partial charge in [0, 0.05) is 13.1 Å². The first-order chi connectivity index (χ1) is 10.9. The molecule has 132 valence electrons. The number of carbonyl (C=O) groups is 1. The number of likely N-dealkylation sites (tertiary alicyclic amines) is 1. The van der Waals surface area contributed by atoms with E-state index in [4.69, 9.17) is 18.9 Å². The van der Waals surface area contributed by atoms with Crippen molar-refractivity contribution in [2.45, 2.75) is 64.0 Å². The first kappa shape index (κ1) is 17.1. The van der Waals surface area contributed by atoms with Gasteiger partial charge in [0.05, 0.1) is 12.5 Å². The number of esters is 1. The zero-order valence-electron chi connectivity index (χ0n) is 14.1. The quantitative estimate of drug-likeness (QED) is 0.753. The monoisotopic (exact) mass is 329 g/mol. The van der Waals surface area contributed by atoms with Crippen molar-refractivity contribution in [3.05, 3.63) is 0 Å². The summed E-state index contributed by atoms with van der Waals surface area (Å²) in [7, 11) is 0. The second-order valence-corrected chi connectivity index (χ2v) is 6.98.